The molecule has 1 saturated carbocycles. The highest BCUT2D eigenvalue weighted by Crippen LogP contribution is 2.25. The van der Waals surface area contributed by atoms with Gasteiger partial charge in [0.15, 0.2) is 0 Å². The van der Waals surface area contributed by atoms with Gasteiger partial charge in [0, 0.05) is 51.2 Å². The lowest BCUT2D eigenvalue weighted by Gasteiger charge is -2.38. The maximum absolute atomic E-state index is 12.6. The number of hydrogen-bond donors (Lipinski definition) is 1. The SMILES string of the molecule is NC1CCCC(C(=O)N2CCN(CC(=O)N3CCOCC3)CC2)C1. The lowest BCUT2D eigenvalue weighted by atomic mass is 9.85. The second-order valence-electron chi connectivity index (χ2n) is 7.22. The Morgan fingerprint density at radius 1 is 0.958 bits per heavy atom. The average molecular weight is 338 g/mol. The number of carbonyl (C=O) groups is 2. The number of nitrogens with zero attached hydrogens (tertiary/aromatic N) is 3. The maximum atomic E-state index is 12.6. The molecule has 0 aromatic rings. The molecule has 24 heavy (non-hydrogen) atoms. The molecule has 1 aliphatic carbocycles. The van der Waals surface area contributed by atoms with Gasteiger partial charge in [-0.1, -0.05) is 6.42 Å². The van der Waals surface area contributed by atoms with Crippen molar-refractivity contribution < 1.29 is 14.3 Å². The number of morpholine rings is 1. The Morgan fingerprint density at radius 3 is 2.33 bits per heavy atom. The van der Waals surface area contributed by atoms with Crippen molar-refractivity contribution in [2.24, 2.45) is 11.7 Å². The Hall–Kier alpha value is -1.18. The highest BCUT2D eigenvalue weighted by Gasteiger charge is 2.31. The summed E-state index contributed by atoms with van der Waals surface area (Å²) in [5.74, 6) is 0.552. The molecule has 2 amide bonds. The van der Waals surface area contributed by atoms with Gasteiger partial charge >= 0.3 is 0 Å². The molecule has 3 rings (SSSR count). The lowest BCUT2D eigenvalue weighted by Crippen LogP contribution is -2.54. The number of nitrogens with two attached hydrogens (primary N) is 1. The van der Waals surface area contributed by atoms with Gasteiger partial charge in [-0.2, -0.15) is 0 Å². The van der Waals surface area contributed by atoms with E-state index >= 15 is 0 Å². The first-order valence-electron chi connectivity index (χ1n) is 9.25. The molecule has 7 heteroatoms. The molecule has 0 spiro atoms. The summed E-state index contributed by atoms with van der Waals surface area (Å²) in [5, 5.41) is 0. The highest BCUT2D eigenvalue weighted by molar-refractivity contribution is 5.80. The van der Waals surface area contributed by atoms with E-state index in [4.69, 9.17) is 10.5 Å². The summed E-state index contributed by atoms with van der Waals surface area (Å²) < 4.78 is 5.28. The molecule has 2 heterocycles. The molecule has 2 N–H and O–H groups in total. The zero-order chi connectivity index (χ0) is 16.9. The van der Waals surface area contributed by atoms with Crippen LogP contribution in [0.4, 0.5) is 0 Å². The summed E-state index contributed by atoms with van der Waals surface area (Å²) in [4.78, 5) is 30.9. The smallest absolute Gasteiger partial charge is 0.236 e. The van der Waals surface area contributed by atoms with Gasteiger partial charge < -0.3 is 20.3 Å². The molecule has 2 atom stereocenters. The summed E-state index contributed by atoms with van der Waals surface area (Å²) in [5.41, 5.74) is 6.01. The number of carbonyl (C=O) groups excluding carboxylic acids is 2. The quantitative estimate of drug-likeness (QED) is 0.751. The van der Waals surface area contributed by atoms with Crippen LogP contribution in [0.5, 0.6) is 0 Å². The van der Waals surface area contributed by atoms with Crippen molar-refractivity contribution in [3.8, 4) is 0 Å². The molecule has 2 saturated heterocycles. The van der Waals surface area contributed by atoms with E-state index in [0.717, 1.165) is 51.9 Å². The molecule has 0 radical (unpaired) electrons. The van der Waals surface area contributed by atoms with E-state index in [2.05, 4.69) is 4.90 Å². The Balaban J connectivity index is 1.42. The van der Waals surface area contributed by atoms with Crippen LogP contribution in [0.15, 0.2) is 0 Å². The van der Waals surface area contributed by atoms with E-state index in [-0.39, 0.29) is 23.8 Å². The molecule has 3 aliphatic rings. The molecule has 7 nitrogen and oxygen atoms in total. The first-order chi connectivity index (χ1) is 11.6. The standard InChI is InChI=1S/C17H30N4O3/c18-15-3-1-2-14(12-15)17(23)21-6-4-19(5-7-21)13-16(22)20-8-10-24-11-9-20/h14-15H,1-13,18H2. The normalized spacial score (nSPS) is 29.5. The maximum Gasteiger partial charge on any atom is 0.236 e. The van der Waals surface area contributed by atoms with E-state index < -0.39 is 0 Å². The Morgan fingerprint density at radius 2 is 1.67 bits per heavy atom. The van der Waals surface area contributed by atoms with Crippen molar-refractivity contribution in [2.75, 3.05) is 59.0 Å². The number of amides is 2. The van der Waals surface area contributed by atoms with E-state index in [0.29, 0.717) is 32.8 Å². The third-order valence-corrected chi connectivity index (χ3v) is 5.47. The molecular weight excluding hydrogens is 308 g/mol. The minimum Gasteiger partial charge on any atom is -0.378 e. The Labute approximate surface area is 144 Å². The highest BCUT2D eigenvalue weighted by atomic mass is 16.5. The average Bonchev–Trinajstić information content (AvgIpc) is 2.62. The molecule has 0 bridgehead atoms. The van der Waals surface area contributed by atoms with E-state index in [1.54, 1.807) is 0 Å². The lowest BCUT2D eigenvalue weighted by molar-refractivity contribution is -0.140. The van der Waals surface area contributed by atoms with E-state index in [1.807, 2.05) is 9.80 Å². The van der Waals surface area contributed by atoms with Crippen LogP contribution >= 0.6 is 0 Å². The van der Waals surface area contributed by atoms with Crippen LogP contribution in [0.3, 0.4) is 0 Å². The van der Waals surface area contributed by atoms with Gasteiger partial charge in [0.2, 0.25) is 11.8 Å². The second-order valence-corrected chi connectivity index (χ2v) is 7.22. The number of piperazine rings is 1. The summed E-state index contributed by atoms with van der Waals surface area (Å²) >= 11 is 0. The zero-order valence-corrected chi connectivity index (χ0v) is 14.5. The summed E-state index contributed by atoms with van der Waals surface area (Å²) in [7, 11) is 0. The molecule has 0 aromatic heterocycles. The molecule has 3 fully saturated rings. The topological polar surface area (TPSA) is 79.1 Å². The van der Waals surface area contributed by atoms with Crippen molar-refractivity contribution in [3.63, 3.8) is 0 Å². The van der Waals surface area contributed by atoms with Crippen LogP contribution in [0.2, 0.25) is 0 Å². The van der Waals surface area contributed by atoms with Crippen LogP contribution in [-0.4, -0.2) is 91.6 Å². The third kappa shape index (κ3) is 4.46. The van der Waals surface area contributed by atoms with Crippen LogP contribution < -0.4 is 5.73 Å². The fourth-order valence-electron chi connectivity index (χ4n) is 3.94. The van der Waals surface area contributed by atoms with Gasteiger partial charge in [-0.05, 0) is 19.3 Å². The summed E-state index contributed by atoms with van der Waals surface area (Å²) in [6, 6.07) is 0.181. The van der Waals surface area contributed by atoms with Gasteiger partial charge in [0.05, 0.1) is 19.8 Å². The molecular formula is C17H30N4O3. The van der Waals surface area contributed by atoms with E-state index in [9.17, 15) is 9.59 Å². The van der Waals surface area contributed by atoms with Crippen LogP contribution in [0, 0.1) is 5.92 Å². The molecule has 2 aliphatic heterocycles. The van der Waals surface area contributed by atoms with E-state index in [1.165, 1.54) is 0 Å². The third-order valence-electron chi connectivity index (χ3n) is 5.47. The predicted molar refractivity (Wildman–Crippen MR) is 90.4 cm³/mol. The number of ether oxygens (including phenoxy) is 1. The fourth-order valence-corrected chi connectivity index (χ4v) is 3.94. The van der Waals surface area contributed by atoms with Crippen LogP contribution in [0.1, 0.15) is 25.7 Å². The minimum atomic E-state index is 0.107. The summed E-state index contributed by atoms with van der Waals surface area (Å²) in [6.45, 7) is 6.12. The molecule has 0 aromatic carbocycles. The van der Waals surface area contributed by atoms with Crippen molar-refractivity contribution >= 4 is 11.8 Å². The van der Waals surface area contributed by atoms with Crippen LogP contribution in [0.25, 0.3) is 0 Å². The number of rotatable bonds is 3. The minimum absolute atomic E-state index is 0.107. The van der Waals surface area contributed by atoms with Gasteiger partial charge in [-0.3, -0.25) is 14.5 Å². The van der Waals surface area contributed by atoms with Crippen molar-refractivity contribution in [2.45, 2.75) is 31.7 Å². The Bertz CT molecular complexity index is 445. The van der Waals surface area contributed by atoms with Crippen LogP contribution in [-0.2, 0) is 14.3 Å². The Kier molecular flexibility index (Phi) is 6.08. The molecule has 2 unspecified atom stereocenters. The zero-order valence-electron chi connectivity index (χ0n) is 14.5. The van der Waals surface area contributed by atoms with Crippen molar-refractivity contribution in [1.82, 2.24) is 14.7 Å². The molecule has 136 valence electrons. The van der Waals surface area contributed by atoms with Gasteiger partial charge in [0.25, 0.3) is 0 Å². The van der Waals surface area contributed by atoms with Crippen molar-refractivity contribution in [1.29, 1.82) is 0 Å². The summed E-state index contributed by atoms with van der Waals surface area (Å²) in [6.07, 6.45) is 3.91. The van der Waals surface area contributed by atoms with Gasteiger partial charge in [0.1, 0.15) is 0 Å². The largest absolute Gasteiger partial charge is 0.378 e. The number of hydrogen-bond acceptors (Lipinski definition) is 5. The van der Waals surface area contributed by atoms with Gasteiger partial charge in [-0.25, -0.2) is 0 Å². The van der Waals surface area contributed by atoms with Gasteiger partial charge in [-0.15, -0.1) is 0 Å². The fraction of sp³-hybridized carbons (Fsp3) is 0.882. The van der Waals surface area contributed by atoms with Crippen molar-refractivity contribution in [3.05, 3.63) is 0 Å². The first-order valence-corrected chi connectivity index (χ1v) is 9.25. The first kappa shape index (κ1) is 17.6. The monoisotopic (exact) mass is 338 g/mol. The predicted octanol–water partition coefficient (Wildman–Crippen LogP) is -0.493. The second kappa shape index (κ2) is 8.27.